The summed E-state index contributed by atoms with van der Waals surface area (Å²) in [5.41, 5.74) is 7.45. The lowest BCUT2D eigenvalue weighted by Gasteiger charge is -2.31. The molecule has 0 fully saturated rings. The van der Waals surface area contributed by atoms with Gasteiger partial charge >= 0.3 is 0 Å². The zero-order chi connectivity index (χ0) is 25.0. The number of nitrogens with zero attached hydrogens (tertiary/aromatic N) is 4. The van der Waals surface area contributed by atoms with Crippen molar-refractivity contribution in [2.45, 2.75) is 52.6 Å². The molecule has 33 heavy (non-hydrogen) atoms. The lowest BCUT2D eigenvalue weighted by Crippen LogP contribution is -2.53. The Bertz CT molecular complexity index is 804. The van der Waals surface area contributed by atoms with Crippen molar-refractivity contribution >= 4 is 40.7 Å². The predicted molar refractivity (Wildman–Crippen MR) is 124 cm³/mol. The van der Waals surface area contributed by atoms with Crippen LogP contribution in [-0.2, 0) is 14.4 Å². The van der Waals surface area contributed by atoms with Gasteiger partial charge in [-0.2, -0.15) is 0 Å². The fraction of sp³-hybridized carbons (Fsp3) is 0.632. The Labute approximate surface area is 196 Å². The van der Waals surface area contributed by atoms with Gasteiger partial charge in [0.15, 0.2) is 5.13 Å². The number of nitroso groups, excluding NO2 is 1. The molecular formula is C19H32N8O5S. The highest BCUT2D eigenvalue weighted by Gasteiger charge is 2.34. The van der Waals surface area contributed by atoms with Gasteiger partial charge in [0.05, 0.1) is 17.2 Å². The quantitative estimate of drug-likeness (QED) is 0.0646. The summed E-state index contributed by atoms with van der Waals surface area (Å²) in [5, 5.41) is 20.2. The number of nitrogens with two attached hydrogens (primary N) is 1. The first-order valence-electron chi connectivity index (χ1n) is 10.4. The summed E-state index contributed by atoms with van der Waals surface area (Å²) in [6.07, 6.45) is 2.52. The largest absolute Gasteiger partial charge is 0.368 e. The number of thiazole rings is 1. The minimum absolute atomic E-state index is 0.0968. The van der Waals surface area contributed by atoms with Crippen molar-refractivity contribution < 1.29 is 19.6 Å². The van der Waals surface area contributed by atoms with E-state index in [9.17, 15) is 24.5 Å². The molecular weight excluding hydrogens is 452 g/mol. The molecule has 0 aromatic carbocycles. The molecule has 0 aliphatic carbocycles. The molecule has 0 saturated heterocycles. The highest BCUT2D eigenvalue weighted by Crippen LogP contribution is 2.21. The number of aliphatic imine (C=N–C) groups is 1. The number of anilines is 1. The van der Waals surface area contributed by atoms with E-state index in [4.69, 9.17) is 5.73 Å². The van der Waals surface area contributed by atoms with Crippen LogP contribution in [0.15, 0.2) is 21.9 Å². The number of amides is 3. The lowest BCUT2D eigenvalue weighted by atomic mass is 9.89. The fourth-order valence-electron chi connectivity index (χ4n) is 3.14. The predicted octanol–water partition coefficient (Wildman–Crippen LogP) is 1.08. The highest BCUT2D eigenvalue weighted by atomic mass is 32.1. The molecule has 0 aliphatic rings. The Hall–Kier alpha value is -3.13. The van der Waals surface area contributed by atoms with Crippen LogP contribution in [0.4, 0.5) is 5.13 Å². The molecule has 1 heterocycles. The number of carbonyl (C=O) groups excluding carboxylic acids is 3. The standard InChI is InChI=1S/C19H32N8O5S/c1-11(2)9-14(13(4)27(32)10-28)16(29)23-15(17(30)24-19-22-7-8-33-19)12(3)5-6-21-18(20)25-26-31/h7-8,10-15,32H,5-6,9H2,1-4H3,(H,23,29)(H,22,24,30)(H3,20,21,25,31)/t12-,13+,14-,15+/m1/s1. The number of hydrogen-bond donors (Lipinski definition) is 5. The minimum atomic E-state index is -0.958. The third kappa shape index (κ3) is 9.49. The summed E-state index contributed by atoms with van der Waals surface area (Å²) in [5.74, 6) is -2.15. The number of hydrogen-bond acceptors (Lipinski definition) is 9. The van der Waals surface area contributed by atoms with Crippen LogP contribution in [0.25, 0.3) is 0 Å². The van der Waals surface area contributed by atoms with Crippen LogP contribution >= 0.6 is 11.3 Å². The second kappa shape index (κ2) is 14.1. The zero-order valence-corrected chi connectivity index (χ0v) is 19.9. The van der Waals surface area contributed by atoms with Crippen molar-refractivity contribution in [2.75, 3.05) is 11.9 Å². The number of rotatable bonds is 14. The van der Waals surface area contributed by atoms with Gasteiger partial charge in [-0.1, -0.05) is 20.8 Å². The van der Waals surface area contributed by atoms with Crippen molar-refractivity contribution in [3.8, 4) is 0 Å². The van der Waals surface area contributed by atoms with Crippen LogP contribution in [0.2, 0.25) is 0 Å². The molecule has 0 spiro atoms. The second-order valence-electron chi connectivity index (χ2n) is 8.01. The van der Waals surface area contributed by atoms with Crippen LogP contribution in [0.1, 0.15) is 40.5 Å². The second-order valence-corrected chi connectivity index (χ2v) is 8.91. The summed E-state index contributed by atoms with van der Waals surface area (Å²) >= 11 is 1.23. The van der Waals surface area contributed by atoms with Gasteiger partial charge < -0.3 is 16.4 Å². The van der Waals surface area contributed by atoms with Crippen molar-refractivity contribution in [3.05, 3.63) is 16.5 Å². The Kier molecular flexibility index (Phi) is 11.9. The van der Waals surface area contributed by atoms with Gasteiger partial charge in [-0.3, -0.25) is 24.6 Å². The first-order chi connectivity index (χ1) is 15.6. The van der Waals surface area contributed by atoms with Gasteiger partial charge in [-0.15, -0.1) is 16.2 Å². The molecule has 0 bridgehead atoms. The van der Waals surface area contributed by atoms with E-state index in [1.165, 1.54) is 11.3 Å². The maximum atomic E-state index is 13.2. The van der Waals surface area contributed by atoms with Gasteiger partial charge in [0.2, 0.25) is 24.2 Å². The highest BCUT2D eigenvalue weighted by molar-refractivity contribution is 7.13. The Morgan fingerprint density at radius 3 is 2.55 bits per heavy atom. The van der Waals surface area contributed by atoms with Crippen LogP contribution in [0, 0.1) is 22.7 Å². The van der Waals surface area contributed by atoms with E-state index in [0.29, 0.717) is 23.0 Å². The maximum absolute atomic E-state index is 13.2. The summed E-state index contributed by atoms with van der Waals surface area (Å²) in [6, 6.07) is -1.76. The van der Waals surface area contributed by atoms with E-state index >= 15 is 0 Å². The average Bonchev–Trinajstić information content (AvgIpc) is 3.27. The molecule has 1 aromatic rings. The van der Waals surface area contributed by atoms with Crippen LogP contribution in [-0.4, -0.2) is 58.1 Å². The summed E-state index contributed by atoms with van der Waals surface area (Å²) < 4.78 is 0. The fourth-order valence-corrected chi connectivity index (χ4v) is 3.68. The van der Waals surface area contributed by atoms with Crippen molar-refractivity contribution in [1.29, 1.82) is 0 Å². The molecule has 6 N–H and O–H groups in total. The molecule has 3 amide bonds. The lowest BCUT2D eigenvalue weighted by molar-refractivity contribution is -0.166. The molecule has 14 heteroatoms. The molecule has 4 atom stereocenters. The van der Waals surface area contributed by atoms with E-state index in [1.54, 1.807) is 25.4 Å². The summed E-state index contributed by atoms with van der Waals surface area (Å²) in [7, 11) is 0. The number of carbonyl (C=O) groups is 3. The number of nitrogens with one attached hydrogen (secondary N) is 3. The van der Waals surface area contributed by atoms with Crippen molar-refractivity contribution in [3.63, 3.8) is 0 Å². The number of aromatic nitrogens is 1. The first-order valence-corrected chi connectivity index (χ1v) is 11.3. The minimum Gasteiger partial charge on any atom is -0.368 e. The molecule has 0 unspecified atom stereocenters. The van der Waals surface area contributed by atoms with Crippen molar-refractivity contribution in [1.82, 2.24) is 20.8 Å². The third-order valence-corrected chi connectivity index (χ3v) is 5.70. The molecule has 1 rings (SSSR count). The molecule has 13 nitrogen and oxygen atoms in total. The maximum Gasteiger partial charge on any atom is 0.249 e. The van der Waals surface area contributed by atoms with Gasteiger partial charge in [0.1, 0.15) is 6.04 Å². The van der Waals surface area contributed by atoms with Crippen molar-refractivity contribution in [2.24, 2.45) is 33.8 Å². The average molecular weight is 485 g/mol. The van der Waals surface area contributed by atoms with E-state index < -0.39 is 29.8 Å². The van der Waals surface area contributed by atoms with E-state index in [2.05, 4.69) is 25.9 Å². The topological polar surface area (TPSA) is 191 Å². The van der Waals surface area contributed by atoms with E-state index in [0.717, 1.165) is 0 Å². The molecule has 1 aromatic heterocycles. The van der Waals surface area contributed by atoms with Gasteiger partial charge in [0.25, 0.3) is 0 Å². The summed E-state index contributed by atoms with van der Waals surface area (Å²) in [4.78, 5) is 55.3. The Balaban J connectivity index is 3.05. The molecule has 0 aliphatic heterocycles. The van der Waals surface area contributed by atoms with Gasteiger partial charge in [0, 0.05) is 18.1 Å². The van der Waals surface area contributed by atoms with Crippen LogP contribution < -0.4 is 21.8 Å². The zero-order valence-electron chi connectivity index (χ0n) is 19.1. The van der Waals surface area contributed by atoms with Crippen LogP contribution in [0.3, 0.4) is 0 Å². The Morgan fingerprint density at radius 2 is 2.00 bits per heavy atom. The molecule has 0 saturated carbocycles. The monoisotopic (exact) mass is 484 g/mol. The van der Waals surface area contributed by atoms with E-state index in [-0.39, 0.29) is 30.8 Å². The Morgan fingerprint density at radius 1 is 1.30 bits per heavy atom. The molecule has 184 valence electrons. The molecule has 0 radical (unpaired) electrons. The first kappa shape index (κ1) is 27.9. The summed E-state index contributed by atoms with van der Waals surface area (Å²) in [6.45, 7) is 7.31. The number of guanidine groups is 1. The number of hydroxylamine groups is 2. The van der Waals surface area contributed by atoms with E-state index in [1.807, 2.05) is 19.3 Å². The smallest absolute Gasteiger partial charge is 0.249 e. The third-order valence-electron chi connectivity index (χ3n) is 5.01. The van der Waals surface area contributed by atoms with Crippen LogP contribution in [0.5, 0.6) is 0 Å². The SMILES string of the molecule is CC(C)C[C@@H](C(=O)N[C@H](C(=O)Nc1nccs1)[C@H](C)CCN=C(N)NN=O)[C@H](C)N(O)C=O. The van der Waals surface area contributed by atoms with Gasteiger partial charge in [-0.25, -0.2) is 15.5 Å². The van der Waals surface area contributed by atoms with Gasteiger partial charge in [-0.05, 0) is 31.6 Å². The normalized spacial score (nSPS) is 15.2.